The highest BCUT2D eigenvalue weighted by Crippen LogP contribution is 2.25. The molecule has 2 heterocycles. The number of nitrogens with zero attached hydrogens (tertiary/aromatic N) is 2. The van der Waals surface area contributed by atoms with E-state index in [0.29, 0.717) is 22.5 Å². The molecule has 0 saturated heterocycles. The third-order valence-corrected chi connectivity index (χ3v) is 4.59. The molecule has 0 fully saturated rings. The van der Waals surface area contributed by atoms with Crippen LogP contribution in [0.5, 0.6) is 5.75 Å². The molecule has 0 N–H and O–H groups in total. The first-order valence-electron chi connectivity index (χ1n) is 9.17. The van der Waals surface area contributed by atoms with E-state index in [1.54, 1.807) is 25.1 Å². The Kier molecular flexibility index (Phi) is 6.25. The molecule has 156 valence electrons. The number of ketones is 1. The van der Waals surface area contributed by atoms with Crippen LogP contribution in [0.4, 0.5) is 8.78 Å². The lowest BCUT2D eigenvalue weighted by Crippen LogP contribution is -2.25. The van der Waals surface area contributed by atoms with E-state index in [4.69, 9.17) is 4.74 Å². The summed E-state index contributed by atoms with van der Waals surface area (Å²) >= 11 is 0. The molecule has 3 aromatic rings. The quantitative estimate of drug-likeness (QED) is 0.420. The molecule has 1 aromatic carbocycles. The smallest absolute Gasteiger partial charge is 0.387 e. The van der Waals surface area contributed by atoms with Gasteiger partial charge >= 0.3 is 12.6 Å². The van der Waals surface area contributed by atoms with Gasteiger partial charge in [-0.15, -0.1) is 0 Å². The monoisotopic (exact) mass is 414 g/mol. The Hall–Kier alpha value is -3.55. The van der Waals surface area contributed by atoms with Crippen molar-refractivity contribution in [1.29, 1.82) is 0 Å². The zero-order valence-electron chi connectivity index (χ0n) is 16.6. The van der Waals surface area contributed by atoms with Crippen molar-refractivity contribution in [2.24, 2.45) is 0 Å². The van der Waals surface area contributed by atoms with Gasteiger partial charge in [-0.2, -0.15) is 8.78 Å². The van der Waals surface area contributed by atoms with E-state index in [9.17, 15) is 18.4 Å². The van der Waals surface area contributed by atoms with Crippen LogP contribution in [0.3, 0.4) is 0 Å². The molecule has 0 aliphatic rings. The van der Waals surface area contributed by atoms with E-state index in [0.717, 1.165) is 5.69 Å². The topological polar surface area (TPSA) is 70.4 Å². The molecule has 0 aliphatic carbocycles. The third-order valence-electron chi connectivity index (χ3n) is 4.59. The van der Waals surface area contributed by atoms with Crippen LogP contribution in [0.2, 0.25) is 0 Å². The average Bonchev–Trinajstić information content (AvgIpc) is 3.02. The molecule has 8 heteroatoms. The highest BCUT2D eigenvalue weighted by Gasteiger charge is 2.25. The molecule has 2 aromatic heterocycles. The van der Waals surface area contributed by atoms with E-state index in [-0.39, 0.29) is 11.5 Å². The number of pyridine rings is 1. The van der Waals surface area contributed by atoms with Gasteiger partial charge in [0, 0.05) is 35.0 Å². The predicted molar refractivity (Wildman–Crippen MR) is 105 cm³/mol. The number of carbonyl (C=O) groups excluding carboxylic acids is 2. The van der Waals surface area contributed by atoms with Crippen LogP contribution < -0.4 is 4.74 Å². The van der Waals surface area contributed by atoms with Crippen LogP contribution in [0.25, 0.3) is 5.69 Å². The molecule has 0 saturated carbocycles. The number of Topliss-reactive ketones (excluding diaryl/α,β-unsaturated/α-hetero) is 1. The number of aromatic nitrogens is 2. The van der Waals surface area contributed by atoms with Gasteiger partial charge in [0.1, 0.15) is 5.75 Å². The molecule has 0 unspecified atom stereocenters. The lowest BCUT2D eigenvalue weighted by atomic mass is 10.1. The van der Waals surface area contributed by atoms with E-state index in [1.165, 1.54) is 43.6 Å². The van der Waals surface area contributed by atoms with Crippen molar-refractivity contribution in [3.8, 4) is 11.4 Å². The van der Waals surface area contributed by atoms with Gasteiger partial charge in [0.25, 0.3) is 0 Å². The minimum absolute atomic E-state index is 0.0455. The molecule has 0 spiro atoms. The van der Waals surface area contributed by atoms with Crippen molar-refractivity contribution in [1.82, 2.24) is 9.55 Å². The van der Waals surface area contributed by atoms with Crippen LogP contribution in [0, 0.1) is 13.8 Å². The van der Waals surface area contributed by atoms with Crippen LogP contribution in [-0.4, -0.2) is 34.0 Å². The van der Waals surface area contributed by atoms with Gasteiger partial charge < -0.3 is 14.0 Å². The standard InChI is InChI=1S/C22H20F2N2O4/c1-13-12-19(20(27)15(3)29-21(28)16-8-10-25-11-9-16)14(2)26(13)17-4-6-18(7-5-17)30-22(23)24/h4-12,15,22H,1-3H3/t15-/m0/s1. The molecular formula is C22H20F2N2O4. The number of halogens is 2. The first-order valence-corrected chi connectivity index (χ1v) is 9.17. The molecule has 3 rings (SSSR count). The summed E-state index contributed by atoms with van der Waals surface area (Å²) in [4.78, 5) is 28.9. The second-order valence-corrected chi connectivity index (χ2v) is 6.64. The van der Waals surface area contributed by atoms with Crippen molar-refractivity contribution < 1.29 is 27.8 Å². The number of esters is 1. The largest absolute Gasteiger partial charge is 0.451 e. The molecule has 1 atom stereocenters. The Morgan fingerprint density at radius 2 is 1.67 bits per heavy atom. The highest BCUT2D eigenvalue weighted by atomic mass is 19.3. The maximum absolute atomic E-state index is 12.9. The zero-order chi connectivity index (χ0) is 21.8. The maximum Gasteiger partial charge on any atom is 0.387 e. The number of rotatable bonds is 7. The first kappa shape index (κ1) is 21.2. The molecule has 0 aliphatic heterocycles. The summed E-state index contributed by atoms with van der Waals surface area (Å²) in [6.45, 7) is 2.21. The van der Waals surface area contributed by atoms with Gasteiger partial charge in [0.15, 0.2) is 6.10 Å². The number of hydrogen-bond acceptors (Lipinski definition) is 5. The van der Waals surface area contributed by atoms with Crippen molar-refractivity contribution in [2.75, 3.05) is 0 Å². The Bertz CT molecular complexity index is 1050. The van der Waals surface area contributed by atoms with E-state index in [2.05, 4.69) is 9.72 Å². The molecule has 0 bridgehead atoms. The summed E-state index contributed by atoms with van der Waals surface area (Å²) < 4.78 is 36.2. The van der Waals surface area contributed by atoms with Crippen molar-refractivity contribution >= 4 is 11.8 Å². The summed E-state index contributed by atoms with van der Waals surface area (Å²) in [6, 6.07) is 10.8. The molecule has 0 radical (unpaired) electrons. The minimum Gasteiger partial charge on any atom is -0.451 e. The SMILES string of the molecule is Cc1cc(C(=O)[C@H](C)OC(=O)c2ccncc2)c(C)n1-c1ccc(OC(F)F)cc1. The van der Waals surface area contributed by atoms with Gasteiger partial charge in [-0.1, -0.05) is 0 Å². The van der Waals surface area contributed by atoms with E-state index >= 15 is 0 Å². The summed E-state index contributed by atoms with van der Waals surface area (Å²) in [6.07, 6.45) is 1.95. The molecule has 6 nitrogen and oxygen atoms in total. The second kappa shape index (κ2) is 8.86. The number of benzene rings is 1. The van der Waals surface area contributed by atoms with Gasteiger partial charge in [0.05, 0.1) is 5.56 Å². The van der Waals surface area contributed by atoms with E-state index in [1.807, 2.05) is 11.5 Å². The minimum atomic E-state index is -2.90. The number of alkyl halides is 2. The van der Waals surface area contributed by atoms with Crippen LogP contribution in [0.15, 0.2) is 54.9 Å². The second-order valence-electron chi connectivity index (χ2n) is 6.64. The van der Waals surface area contributed by atoms with Crippen molar-refractivity contribution in [3.63, 3.8) is 0 Å². The fourth-order valence-electron chi connectivity index (χ4n) is 3.18. The number of aryl methyl sites for hydroxylation is 1. The van der Waals surface area contributed by atoms with Crippen molar-refractivity contribution in [2.45, 2.75) is 33.5 Å². The average molecular weight is 414 g/mol. The van der Waals surface area contributed by atoms with Gasteiger partial charge in [-0.05, 0) is 63.2 Å². The summed E-state index contributed by atoms with van der Waals surface area (Å²) in [5.74, 6) is -0.903. The van der Waals surface area contributed by atoms with Crippen molar-refractivity contribution in [3.05, 3.63) is 77.4 Å². The lowest BCUT2D eigenvalue weighted by molar-refractivity contribution is -0.0498. The number of hydrogen-bond donors (Lipinski definition) is 0. The Balaban J connectivity index is 1.80. The maximum atomic E-state index is 12.9. The highest BCUT2D eigenvalue weighted by molar-refractivity contribution is 6.02. The Labute approximate surface area is 172 Å². The summed E-state index contributed by atoms with van der Waals surface area (Å²) in [5.41, 5.74) is 2.82. The summed E-state index contributed by atoms with van der Waals surface area (Å²) in [7, 11) is 0. The van der Waals surface area contributed by atoms with E-state index < -0.39 is 18.7 Å². The lowest BCUT2D eigenvalue weighted by Gasteiger charge is -2.14. The first-order chi connectivity index (χ1) is 14.3. The fraction of sp³-hybridized carbons (Fsp3) is 0.227. The zero-order valence-corrected chi connectivity index (χ0v) is 16.6. The third kappa shape index (κ3) is 4.53. The number of carbonyl (C=O) groups is 2. The summed E-state index contributed by atoms with van der Waals surface area (Å²) in [5, 5.41) is 0. The normalized spacial score (nSPS) is 11.9. The molecular weight excluding hydrogens is 394 g/mol. The van der Waals surface area contributed by atoms with Gasteiger partial charge in [0.2, 0.25) is 5.78 Å². The fourth-order valence-corrected chi connectivity index (χ4v) is 3.18. The van der Waals surface area contributed by atoms with Crippen LogP contribution >= 0.6 is 0 Å². The predicted octanol–water partition coefficient (Wildman–Crippen LogP) is 4.52. The Morgan fingerprint density at radius 3 is 2.27 bits per heavy atom. The Morgan fingerprint density at radius 1 is 1.03 bits per heavy atom. The molecule has 30 heavy (non-hydrogen) atoms. The molecule has 0 amide bonds. The van der Waals surface area contributed by atoms with Crippen LogP contribution in [0.1, 0.15) is 39.0 Å². The van der Waals surface area contributed by atoms with Crippen LogP contribution in [-0.2, 0) is 4.74 Å². The van der Waals surface area contributed by atoms with Gasteiger partial charge in [-0.25, -0.2) is 4.79 Å². The number of ether oxygens (including phenoxy) is 2. The van der Waals surface area contributed by atoms with Gasteiger partial charge in [-0.3, -0.25) is 9.78 Å².